The highest BCUT2D eigenvalue weighted by molar-refractivity contribution is 5.87. The first-order valence-electron chi connectivity index (χ1n) is 5.38. The van der Waals surface area contributed by atoms with E-state index >= 15 is 0 Å². The molecule has 0 spiro atoms. The minimum absolute atomic E-state index is 0.283. The van der Waals surface area contributed by atoms with Crippen LogP contribution in [0.2, 0.25) is 0 Å². The highest BCUT2D eigenvalue weighted by Gasteiger charge is 2.18. The summed E-state index contributed by atoms with van der Waals surface area (Å²) in [5, 5.41) is 8.62. The molecule has 1 rings (SSSR count). The normalized spacial score (nSPS) is 10.6. The van der Waals surface area contributed by atoms with Gasteiger partial charge in [-0.3, -0.25) is 0 Å². The molecule has 1 aromatic carbocycles. The van der Waals surface area contributed by atoms with E-state index in [0.717, 1.165) is 12.1 Å². The summed E-state index contributed by atoms with van der Waals surface area (Å²) in [6, 6.07) is 1.51. The van der Waals surface area contributed by atoms with Crippen molar-refractivity contribution in [3.05, 3.63) is 29.3 Å². The maximum atomic E-state index is 13.5. The van der Waals surface area contributed by atoms with Crippen LogP contribution in [0.25, 0.3) is 0 Å². The molecule has 0 saturated heterocycles. The van der Waals surface area contributed by atoms with Crippen molar-refractivity contribution in [3.8, 4) is 5.75 Å². The van der Waals surface area contributed by atoms with Crippen molar-refractivity contribution in [2.75, 3.05) is 0 Å². The van der Waals surface area contributed by atoms with Gasteiger partial charge >= 0.3 is 5.97 Å². The Kier molecular flexibility index (Phi) is 4.43. The van der Waals surface area contributed by atoms with Gasteiger partial charge in [-0.25, -0.2) is 13.6 Å². The lowest BCUT2D eigenvalue weighted by Crippen LogP contribution is -2.16. The standard InChI is InChI=1S/C12H14F2O3/c1-3-8(4-2)17-11-9(13)5-7(12(15)16)6-10(11)14/h5-6,8H,3-4H2,1-2H3,(H,15,16). The number of hydrogen-bond donors (Lipinski definition) is 1. The number of aromatic carboxylic acids is 1. The number of carboxylic acid groups (broad SMARTS) is 1. The van der Waals surface area contributed by atoms with Gasteiger partial charge in [-0.1, -0.05) is 13.8 Å². The van der Waals surface area contributed by atoms with Crippen molar-refractivity contribution >= 4 is 5.97 Å². The first-order chi connectivity index (χ1) is 7.99. The summed E-state index contributed by atoms with van der Waals surface area (Å²) in [6.07, 6.45) is 0.959. The molecule has 0 bridgehead atoms. The van der Waals surface area contributed by atoms with E-state index in [0.29, 0.717) is 12.8 Å². The Labute approximate surface area is 98.0 Å². The van der Waals surface area contributed by atoms with E-state index in [1.165, 1.54) is 0 Å². The van der Waals surface area contributed by atoms with Gasteiger partial charge in [0.1, 0.15) is 0 Å². The van der Waals surface area contributed by atoms with Crippen LogP contribution in [0, 0.1) is 11.6 Å². The van der Waals surface area contributed by atoms with Crippen molar-refractivity contribution < 1.29 is 23.4 Å². The monoisotopic (exact) mass is 244 g/mol. The molecule has 94 valence electrons. The molecule has 0 unspecified atom stereocenters. The van der Waals surface area contributed by atoms with Crippen LogP contribution in [0.4, 0.5) is 8.78 Å². The molecule has 3 nitrogen and oxygen atoms in total. The zero-order valence-electron chi connectivity index (χ0n) is 9.67. The van der Waals surface area contributed by atoms with Crippen molar-refractivity contribution in [3.63, 3.8) is 0 Å². The first-order valence-corrected chi connectivity index (χ1v) is 5.38. The molecule has 0 aromatic heterocycles. The Morgan fingerprint density at radius 1 is 1.29 bits per heavy atom. The Bertz CT molecular complexity index is 391. The number of hydrogen-bond acceptors (Lipinski definition) is 2. The summed E-state index contributed by atoms with van der Waals surface area (Å²) in [5.74, 6) is -3.87. The van der Waals surface area contributed by atoms with E-state index in [1.54, 1.807) is 0 Å². The fraction of sp³-hybridized carbons (Fsp3) is 0.417. The third kappa shape index (κ3) is 3.15. The summed E-state index contributed by atoms with van der Waals surface area (Å²) in [7, 11) is 0. The Hall–Kier alpha value is -1.65. The third-order valence-corrected chi connectivity index (χ3v) is 2.44. The fourth-order valence-electron chi connectivity index (χ4n) is 1.42. The van der Waals surface area contributed by atoms with Crippen LogP contribution in [-0.4, -0.2) is 17.2 Å². The van der Waals surface area contributed by atoms with E-state index in [-0.39, 0.29) is 6.10 Å². The molecule has 0 aliphatic heterocycles. The molecule has 0 amide bonds. The molecule has 0 radical (unpaired) electrons. The second-order valence-electron chi connectivity index (χ2n) is 3.63. The summed E-state index contributed by atoms with van der Waals surface area (Å²) in [4.78, 5) is 10.6. The number of halogens is 2. The van der Waals surface area contributed by atoms with E-state index in [1.807, 2.05) is 13.8 Å². The Morgan fingerprint density at radius 2 is 1.76 bits per heavy atom. The fourth-order valence-corrected chi connectivity index (χ4v) is 1.42. The predicted octanol–water partition coefficient (Wildman–Crippen LogP) is 3.23. The molecular formula is C12H14F2O3. The van der Waals surface area contributed by atoms with Gasteiger partial charge in [0.05, 0.1) is 11.7 Å². The van der Waals surface area contributed by atoms with Crippen LogP contribution in [0.5, 0.6) is 5.75 Å². The highest BCUT2D eigenvalue weighted by atomic mass is 19.1. The summed E-state index contributed by atoms with van der Waals surface area (Å²) in [5.41, 5.74) is -0.433. The van der Waals surface area contributed by atoms with Gasteiger partial charge in [0.15, 0.2) is 17.4 Å². The van der Waals surface area contributed by atoms with E-state index in [9.17, 15) is 13.6 Å². The van der Waals surface area contributed by atoms with Gasteiger partial charge < -0.3 is 9.84 Å². The number of rotatable bonds is 5. The van der Waals surface area contributed by atoms with Crippen LogP contribution in [0.15, 0.2) is 12.1 Å². The number of carboxylic acids is 1. The van der Waals surface area contributed by atoms with Gasteiger partial charge in [-0.05, 0) is 25.0 Å². The number of benzene rings is 1. The molecule has 0 aliphatic carbocycles. The van der Waals surface area contributed by atoms with Crippen LogP contribution in [-0.2, 0) is 0 Å². The zero-order chi connectivity index (χ0) is 13.0. The maximum Gasteiger partial charge on any atom is 0.335 e. The van der Waals surface area contributed by atoms with E-state index < -0.39 is 28.9 Å². The highest BCUT2D eigenvalue weighted by Crippen LogP contribution is 2.25. The Morgan fingerprint density at radius 3 is 2.12 bits per heavy atom. The SMILES string of the molecule is CCC(CC)Oc1c(F)cc(C(=O)O)cc1F. The molecule has 0 fully saturated rings. The van der Waals surface area contributed by atoms with Crippen LogP contribution in [0.1, 0.15) is 37.0 Å². The topological polar surface area (TPSA) is 46.5 Å². The lowest BCUT2D eigenvalue weighted by atomic mass is 10.2. The zero-order valence-corrected chi connectivity index (χ0v) is 9.67. The summed E-state index contributed by atoms with van der Waals surface area (Å²) in [6.45, 7) is 3.69. The average molecular weight is 244 g/mol. The van der Waals surface area contributed by atoms with E-state index in [4.69, 9.17) is 9.84 Å². The molecular weight excluding hydrogens is 230 g/mol. The van der Waals surface area contributed by atoms with Gasteiger partial charge in [0.25, 0.3) is 0 Å². The van der Waals surface area contributed by atoms with Gasteiger partial charge in [0.2, 0.25) is 0 Å². The Balaban J connectivity index is 3.05. The molecule has 1 N–H and O–H groups in total. The quantitative estimate of drug-likeness (QED) is 0.864. The maximum absolute atomic E-state index is 13.5. The molecule has 17 heavy (non-hydrogen) atoms. The van der Waals surface area contributed by atoms with Crippen molar-refractivity contribution in [1.29, 1.82) is 0 Å². The lowest BCUT2D eigenvalue weighted by molar-refractivity contribution is 0.0695. The second-order valence-corrected chi connectivity index (χ2v) is 3.63. The van der Waals surface area contributed by atoms with Crippen molar-refractivity contribution in [2.24, 2.45) is 0 Å². The van der Waals surface area contributed by atoms with Crippen LogP contribution >= 0.6 is 0 Å². The molecule has 1 aromatic rings. The predicted molar refractivity (Wildman–Crippen MR) is 58.3 cm³/mol. The number of ether oxygens (including phenoxy) is 1. The molecule has 0 saturated carbocycles. The molecule has 0 heterocycles. The second kappa shape index (κ2) is 5.61. The van der Waals surface area contributed by atoms with Crippen LogP contribution < -0.4 is 4.74 Å². The summed E-state index contributed by atoms with van der Waals surface area (Å²) < 4.78 is 32.1. The third-order valence-electron chi connectivity index (χ3n) is 2.44. The van der Waals surface area contributed by atoms with Gasteiger partial charge in [-0.15, -0.1) is 0 Å². The largest absolute Gasteiger partial charge is 0.484 e. The number of carbonyl (C=O) groups is 1. The lowest BCUT2D eigenvalue weighted by Gasteiger charge is -2.16. The smallest absolute Gasteiger partial charge is 0.335 e. The minimum Gasteiger partial charge on any atom is -0.484 e. The van der Waals surface area contributed by atoms with E-state index in [2.05, 4.69) is 0 Å². The molecule has 0 aliphatic rings. The summed E-state index contributed by atoms with van der Waals surface area (Å²) >= 11 is 0. The first kappa shape index (κ1) is 13.4. The van der Waals surface area contributed by atoms with Crippen molar-refractivity contribution in [1.82, 2.24) is 0 Å². The molecule has 0 atom stereocenters. The average Bonchev–Trinajstić information content (AvgIpc) is 2.28. The van der Waals surface area contributed by atoms with Crippen LogP contribution in [0.3, 0.4) is 0 Å². The van der Waals surface area contributed by atoms with Gasteiger partial charge in [-0.2, -0.15) is 0 Å². The minimum atomic E-state index is -1.38. The van der Waals surface area contributed by atoms with Gasteiger partial charge in [0, 0.05) is 0 Å². The molecule has 5 heteroatoms. The van der Waals surface area contributed by atoms with Crippen molar-refractivity contribution in [2.45, 2.75) is 32.8 Å².